The molecule has 0 radical (unpaired) electrons. The number of hydrogen-bond acceptors (Lipinski definition) is 9. The summed E-state index contributed by atoms with van der Waals surface area (Å²) in [6.45, 7) is 4.28. The van der Waals surface area contributed by atoms with E-state index in [1.54, 1.807) is 0 Å². The van der Waals surface area contributed by atoms with Gasteiger partial charge in [-0.05, 0) is 38.5 Å². The van der Waals surface area contributed by atoms with Crippen LogP contribution in [-0.4, -0.2) is 89.6 Å². The zero-order chi connectivity index (χ0) is 30.8. The Morgan fingerprint density at radius 2 is 1.31 bits per heavy atom. The molecule has 6 atom stereocenters. The predicted molar refractivity (Wildman–Crippen MR) is 164 cm³/mol. The van der Waals surface area contributed by atoms with Crippen LogP contribution in [-0.2, 0) is 23.7 Å². The molecule has 1 fully saturated rings. The van der Waals surface area contributed by atoms with Crippen LogP contribution >= 0.6 is 0 Å². The molecule has 0 aliphatic carbocycles. The summed E-state index contributed by atoms with van der Waals surface area (Å²) in [5.74, 6) is -0.351. The first kappa shape index (κ1) is 39.0. The molecule has 248 valence electrons. The molecule has 0 amide bonds. The lowest BCUT2D eigenvalue weighted by Crippen LogP contribution is -2.59. The second-order valence-electron chi connectivity index (χ2n) is 11.6. The van der Waals surface area contributed by atoms with Gasteiger partial charge in [0.1, 0.15) is 30.5 Å². The number of aliphatic hydroxyl groups excluding tert-OH is 4. The highest BCUT2D eigenvalue weighted by Crippen LogP contribution is 2.22. The lowest BCUT2D eigenvalue weighted by atomic mass is 9.99. The van der Waals surface area contributed by atoms with Gasteiger partial charge in [-0.15, -0.1) is 0 Å². The molecule has 0 aromatic heterocycles. The third-order valence-corrected chi connectivity index (χ3v) is 7.68. The van der Waals surface area contributed by atoms with Crippen molar-refractivity contribution in [2.45, 2.75) is 166 Å². The highest BCUT2D eigenvalue weighted by molar-refractivity contribution is 5.69. The van der Waals surface area contributed by atoms with E-state index in [0.717, 1.165) is 25.7 Å². The zero-order valence-corrected chi connectivity index (χ0v) is 26.5. The monoisotopic (exact) mass is 602 g/mol. The highest BCUT2D eigenvalue weighted by Gasteiger charge is 2.44. The molecule has 0 aromatic carbocycles. The number of carbonyl (C=O) groups excluding carboxylic acids is 1. The van der Waals surface area contributed by atoms with Gasteiger partial charge in [0.25, 0.3) is 0 Å². The molecule has 1 aliphatic heterocycles. The number of carbonyl (C=O) groups is 1. The van der Waals surface area contributed by atoms with Crippen LogP contribution in [0.5, 0.6) is 0 Å². The lowest BCUT2D eigenvalue weighted by molar-refractivity contribution is -0.305. The molecule has 0 saturated carbocycles. The molecule has 0 aromatic rings. The van der Waals surface area contributed by atoms with Crippen LogP contribution in [0.4, 0.5) is 0 Å². The van der Waals surface area contributed by atoms with Gasteiger partial charge in [0, 0.05) is 13.0 Å². The summed E-state index contributed by atoms with van der Waals surface area (Å²) >= 11 is 0. The van der Waals surface area contributed by atoms with E-state index in [4.69, 9.17) is 18.9 Å². The topological polar surface area (TPSA) is 135 Å². The number of esters is 1. The first-order valence-electron chi connectivity index (χ1n) is 16.8. The standard InChI is InChI=1S/C33H62O9/c1-3-5-7-8-9-10-11-12-13-14-15-16-17-18-19-20-21-23-39-25-27(41-29(35)22-6-4-2)26-40-33-32(38)31(37)30(36)28(24-34)42-33/h13-14,27-28,30-34,36-38H,3-12,15-26H2,1-2H3/b14-13-. The van der Waals surface area contributed by atoms with Gasteiger partial charge < -0.3 is 39.4 Å². The van der Waals surface area contributed by atoms with E-state index in [9.17, 15) is 25.2 Å². The number of ether oxygens (including phenoxy) is 4. The Bertz CT molecular complexity index is 657. The van der Waals surface area contributed by atoms with E-state index in [2.05, 4.69) is 19.1 Å². The SMILES string of the molecule is CCCCCCCCC/C=C\CCCCCCCCOCC(COC1OC(CO)C(O)C(O)C1O)OC(=O)CCCC. The van der Waals surface area contributed by atoms with Crippen molar-refractivity contribution >= 4 is 5.97 Å². The Balaban J connectivity index is 2.17. The first-order valence-corrected chi connectivity index (χ1v) is 16.8. The highest BCUT2D eigenvalue weighted by atomic mass is 16.7. The first-order chi connectivity index (χ1) is 20.4. The van der Waals surface area contributed by atoms with Crippen LogP contribution in [0, 0.1) is 0 Å². The fourth-order valence-corrected chi connectivity index (χ4v) is 4.93. The van der Waals surface area contributed by atoms with E-state index < -0.39 is 43.4 Å². The molecule has 0 spiro atoms. The van der Waals surface area contributed by atoms with Crippen molar-refractivity contribution in [2.24, 2.45) is 0 Å². The third kappa shape index (κ3) is 18.6. The second-order valence-corrected chi connectivity index (χ2v) is 11.6. The fraction of sp³-hybridized carbons (Fsp3) is 0.909. The number of unbranched alkanes of at least 4 members (excludes halogenated alkanes) is 14. The van der Waals surface area contributed by atoms with Gasteiger partial charge in [0.15, 0.2) is 6.29 Å². The van der Waals surface area contributed by atoms with E-state index in [1.165, 1.54) is 83.5 Å². The van der Waals surface area contributed by atoms with Gasteiger partial charge in [-0.3, -0.25) is 4.79 Å². The maximum absolute atomic E-state index is 12.2. The minimum absolute atomic E-state index is 0.117. The van der Waals surface area contributed by atoms with Crippen molar-refractivity contribution in [3.8, 4) is 0 Å². The maximum Gasteiger partial charge on any atom is 0.306 e. The summed E-state index contributed by atoms with van der Waals surface area (Å²) in [6, 6.07) is 0. The Morgan fingerprint density at radius 1 is 0.738 bits per heavy atom. The fourth-order valence-electron chi connectivity index (χ4n) is 4.93. The van der Waals surface area contributed by atoms with Crippen molar-refractivity contribution in [2.75, 3.05) is 26.4 Å². The molecular weight excluding hydrogens is 540 g/mol. The molecule has 1 aliphatic rings. The van der Waals surface area contributed by atoms with Gasteiger partial charge in [0.2, 0.25) is 0 Å². The summed E-state index contributed by atoms with van der Waals surface area (Å²) in [6.07, 6.45) is 17.8. The normalized spacial score (nSPS) is 23.4. The molecule has 1 saturated heterocycles. The molecule has 1 rings (SSSR count). The Labute approximate surface area is 255 Å². The average Bonchev–Trinajstić information content (AvgIpc) is 2.99. The number of hydrogen-bond donors (Lipinski definition) is 4. The summed E-state index contributed by atoms with van der Waals surface area (Å²) in [7, 11) is 0. The number of rotatable bonds is 27. The van der Waals surface area contributed by atoms with Crippen molar-refractivity contribution in [3.63, 3.8) is 0 Å². The van der Waals surface area contributed by atoms with Gasteiger partial charge in [-0.2, -0.15) is 0 Å². The molecule has 42 heavy (non-hydrogen) atoms. The van der Waals surface area contributed by atoms with Crippen LogP contribution in [0.3, 0.4) is 0 Å². The molecule has 6 unspecified atom stereocenters. The average molecular weight is 603 g/mol. The van der Waals surface area contributed by atoms with Gasteiger partial charge in [-0.25, -0.2) is 0 Å². The lowest BCUT2D eigenvalue weighted by Gasteiger charge is -2.39. The van der Waals surface area contributed by atoms with Crippen molar-refractivity contribution in [3.05, 3.63) is 12.2 Å². The van der Waals surface area contributed by atoms with Crippen molar-refractivity contribution < 1.29 is 44.2 Å². The van der Waals surface area contributed by atoms with Crippen LogP contribution in [0.15, 0.2) is 12.2 Å². The number of allylic oxidation sites excluding steroid dienone is 2. The van der Waals surface area contributed by atoms with E-state index >= 15 is 0 Å². The summed E-state index contributed by atoms with van der Waals surface area (Å²) < 4.78 is 22.3. The van der Waals surface area contributed by atoms with Gasteiger partial charge in [0.05, 0.1) is 19.8 Å². The quantitative estimate of drug-likeness (QED) is 0.0557. The summed E-state index contributed by atoms with van der Waals surface area (Å²) in [4.78, 5) is 12.2. The minimum Gasteiger partial charge on any atom is -0.457 e. The molecule has 1 heterocycles. The molecule has 0 bridgehead atoms. The molecule has 9 heteroatoms. The minimum atomic E-state index is -1.53. The maximum atomic E-state index is 12.2. The van der Waals surface area contributed by atoms with E-state index in [1.807, 2.05) is 6.92 Å². The Hall–Kier alpha value is -1.07. The molecular formula is C33H62O9. The zero-order valence-electron chi connectivity index (χ0n) is 26.5. The Kier molecular flexibility index (Phi) is 24.4. The third-order valence-electron chi connectivity index (χ3n) is 7.68. The second kappa shape index (κ2) is 26.3. The van der Waals surface area contributed by atoms with Gasteiger partial charge in [-0.1, -0.05) is 96.6 Å². The Morgan fingerprint density at radius 3 is 1.90 bits per heavy atom. The predicted octanol–water partition coefficient (Wildman–Crippen LogP) is 5.35. The van der Waals surface area contributed by atoms with Gasteiger partial charge >= 0.3 is 5.97 Å². The van der Waals surface area contributed by atoms with Crippen LogP contribution in [0.25, 0.3) is 0 Å². The summed E-state index contributed by atoms with van der Waals surface area (Å²) in [5.41, 5.74) is 0. The largest absolute Gasteiger partial charge is 0.457 e. The van der Waals surface area contributed by atoms with Crippen LogP contribution in [0.1, 0.15) is 129 Å². The summed E-state index contributed by atoms with van der Waals surface area (Å²) in [5, 5.41) is 39.5. The van der Waals surface area contributed by atoms with Crippen LogP contribution < -0.4 is 0 Å². The van der Waals surface area contributed by atoms with E-state index in [-0.39, 0.29) is 19.2 Å². The van der Waals surface area contributed by atoms with E-state index in [0.29, 0.717) is 13.0 Å². The molecule has 4 N–H and O–H groups in total. The van der Waals surface area contributed by atoms with Crippen molar-refractivity contribution in [1.82, 2.24) is 0 Å². The smallest absolute Gasteiger partial charge is 0.306 e. The number of aliphatic hydroxyl groups is 4. The van der Waals surface area contributed by atoms with Crippen LogP contribution in [0.2, 0.25) is 0 Å². The molecule has 9 nitrogen and oxygen atoms in total. The van der Waals surface area contributed by atoms with Crippen molar-refractivity contribution in [1.29, 1.82) is 0 Å².